The third-order valence-corrected chi connectivity index (χ3v) is 2.48. The van der Waals surface area contributed by atoms with Gasteiger partial charge in [0, 0.05) is 19.6 Å². The lowest BCUT2D eigenvalue weighted by molar-refractivity contribution is -0.127. The first kappa shape index (κ1) is 8.53. The summed E-state index contributed by atoms with van der Waals surface area (Å²) >= 11 is 0. The van der Waals surface area contributed by atoms with Crippen LogP contribution in [0.2, 0.25) is 0 Å². The second-order valence-corrected chi connectivity index (χ2v) is 3.58. The molecule has 1 N–H and O–H groups in total. The van der Waals surface area contributed by atoms with Gasteiger partial charge in [-0.25, -0.2) is 0 Å². The molecule has 0 radical (unpaired) electrons. The Bertz CT molecular complexity index is 165. The van der Waals surface area contributed by atoms with Crippen molar-refractivity contribution in [2.45, 2.75) is 13.8 Å². The van der Waals surface area contributed by atoms with Crippen molar-refractivity contribution in [1.29, 1.82) is 0 Å². The lowest BCUT2D eigenvalue weighted by Gasteiger charge is -2.21. The molecule has 1 fully saturated rings. The van der Waals surface area contributed by atoms with E-state index in [9.17, 15) is 4.79 Å². The van der Waals surface area contributed by atoms with E-state index in [1.165, 1.54) is 0 Å². The predicted molar refractivity (Wildman–Crippen MR) is 42.2 cm³/mol. The molecule has 1 heterocycles. The Balaban J connectivity index is 2.62. The number of amides is 1. The van der Waals surface area contributed by atoms with Crippen LogP contribution in [0.4, 0.5) is 0 Å². The highest BCUT2D eigenvalue weighted by Crippen LogP contribution is 2.31. The van der Waals surface area contributed by atoms with Crippen LogP contribution in [0.3, 0.4) is 0 Å². The van der Waals surface area contributed by atoms with E-state index in [0.29, 0.717) is 12.5 Å². The normalized spacial score (nSPS) is 28.6. The van der Waals surface area contributed by atoms with Crippen LogP contribution in [0, 0.1) is 11.3 Å². The Morgan fingerprint density at radius 3 is 2.73 bits per heavy atom. The van der Waals surface area contributed by atoms with Crippen LogP contribution in [-0.4, -0.2) is 26.2 Å². The minimum atomic E-state index is -0.254. The number of ether oxygens (including phenoxy) is 1. The zero-order chi connectivity index (χ0) is 8.48. The van der Waals surface area contributed by atoms with Crippen LogP contribution in [-0.2, 0) is 9.53 Å². The summed E-state index contributed by atoms with van der Waals surface area (Å²) in [7, 11) is 1.67. The highest BCUT2D eigenvalue weighted by Gasteiger charge is 2.41. The summed E-state index contributed by atoms with van der Waals surface area (Å²) in [5, 5.41) is 2.83. The largest absolute Gasteiger partial charge is 0.384 e. The van der Waals surface area contributed by atoms with Crippen molar-refractivity contribution in [3.63, 3.8) is 0 Å². The number of carbonyl (C=O) groups is 1. The number of methoxy groups -OCH3 is 1. The van der Waals surface area contributed by atoms with Gasteiger partial charge in [-0.1, -0.05) is 13.8 Å². The Morgan fingerprint density at radius 1 is 1.73 bits per heavy atom. The monoisotopic (exact) mass is 157 g/mol. The summed E-state index contributed by atoms with van der Waals surface area (Å²) in [6.45, 7) is 5.32. The molecule has 64 valence electrons. The number of hydrogen-bond acceptors (Lipinski definition) is 2. The number of rotatable bonds is 2. The molecule has 1 aliphatic rings. The van der Waals surface area contributed by atoms with Crippen molar-refractivity contribution < 1.29 is 9.53 Å². The van der Waals surface area contributed by atoms with E-state index in [4.69, 9.17) is 4.74 Å². The van der Waals surface area contributed by atoms with Crippen molar-refractivity contribution in [1.82, 2.24) is 5.32 Å². The highest BCUT2D eigenvalue weighted by molar-refractivity contribution is 5.84. The molecule has 1 atom stereocenters. The van der Waals surface area contributed by atoms with Crippen LogP contribution in [0.15, 0.2) is 0 Å². The number of carbonyl (C=O) groups excluding carboxylic acids is 1. The Hall–Kier alpha value is -0.570. The van der Waals surface area contributed by atoms with Crippen LogP contribution in [0.1, 0.15) is 13.8 Å². The quantitative estimate of drug-likeness (QED) is 0.630. The fourth-order valence-electron chi connectivity index (χ4n) is 1.35. The molecular weight excluding hydrogens is 142 g/mol. The second-order valence-electron chi connectivity index (χ2n) is 3.58. The van der Waals surface area contributed by atoms with E-state index in [1.807, 2.05) is 13.8 Å². The molecule has 3 nitrogen and oxygen atoms in total. The van der Waals surface area contributed by atoms with Crippen LogP contribution < -0.4 is 5.32 Å². The topological polar surface area (TPSA) is 38.3 Å². The molecular formula is C8H15NO2. The van der Waals surface area contributed by atoms with Gasteiger partial charge in [-0.15, -0.1) is 0 Å². The van der Waals surface area contributed by atoms with Crippen LogP contribution in [0.25, 0.3) is 0 Å². The van der Waals surface area contributed by atoms with Gasteiger partial charge in [0.1, 0.15) is 0 Å². The molecule has 11 heavy (non-hydrogen) atoms. The van der Waals surface area contributed by atoms with Gasteiger partial charge in [-0.3, -0.25) is 4.79 Å². The summed E-state index contributed by atoms with van der Waals surface area (Å²) in [5.41, 5.74) is -0.254. The predicted octanol–water partition coefficient (Wildman–Crippen LogP) is 0.405. The molecule has 0 saturated carbocycles. The van der Waals surface area contributed by atoms with Crippen molar-refractivity contribution in [2.75, 3.05) is 20.3 Å². The van der Waals surface area contributed by atoms with Gasteiger partial charge in [0.15, 0.2) is 0 Å². The molecule has 0 unspecified atom stereocenters. The minimum Gasteiger partial charge on any atom is -0.384 e. The first-order chi connectivity index (χ1) is 5.09. The van der Waals surface area contributed by atoms with E-state index in [2.05, 4.69) is 5.32 Å². The standard InChI is InChI=1S/C8H15NO2/c1-8(2)6(5-11-3)4-9-7(8)10/h6H,4-5H2,1-3H3,(H,9,10)/t6-/m1/s1. The van der Waals surface area contributed by atoms with Gasteiger partial charge in [0.2, 0.25) is 5.91 Å². The molecule has 3 heteroatoms. The molecule has 0 aromatic rings. The first-order valence-electron chi connectivity index (χ1n) is 3.86. The molecule has 0 aromatic heterocycles. The van der Waals surface area contributed by atoms with E-state index < -0.39 is 0 Å². The molecule has 0 spiro atoms. The smallest absolute Gasteiger partial charge is 0.226 e. The van der Waals surface area contributed by atoms with Gasteiger partial charge < -0.3 is 10.1 Å². The summed E-state index contributed by atoms with van der Waals surface area (Å²) in [6.07, 6.45) is 0. The van der Waals surface area contributed by atoms with Crippen molar-refractivity contribution in [3.05, 3.63) is 0 Å². The average molecular weight is 157 g/mol. The third kappa shape index (κ3) is 1.38. The highest BCUT2D eigenvalue weighted by atomic mass is 16.5. The Morgan fingerprint density at radius 2 is 2.36 bits per heavy atom. The fraction of sp³-hybridized carbons (Fsp3) is 0.875. The van der Waals surface area contributed by atoms with Gasteiger partial charge in [-0.2, -0.15) is 0 Å². The third-order valence-electron chi connectivity index (χ3n) is 2.48. The number of nitrogens with one attached hydrogen (secondary N) is 1. The zero-order valence-electron chi connectivity index (χ0n) is 7.31. The minimum absolute atomic E-state index is 0.138. The van der Waals surface area contributed by atoms with Crippen molar-refractivity contribution in [3.8, 4) is 0 Å². The molecule has 0 aromatic carbocycles. The molecule has 1 saturated heterocycles. The summed E-state index contributed by atoms with van der Waals surface area (Å²) < 4.78 is 5.02. The zero-order valence-corrected chi connectivity index (χ0v) is 7.31. The lowest BCUT2D eigenvalue weighted by atomic mass is 9.82. The first-order valence-corrected chi connectivity index (χ1v) is 3.86. The van der Waals surface area contributed by atoms with Crippen molar-refractivity contribution >= 4 is 5.91 Å². The van der Waals surface area contributed by atoms with E-state index >= 15 is 0 Å². The molecule has 0 bridgehead atoms. The van der Waals surface area contributed by atoms with Crippen LogP contribution in [0.5, 0.6) is 0 Å². The maximum Gasteiger partial charge on any atom is 0.226 e. The maximum atomic E-state index is 11.2. The second kappa shape index (κ2) is 2.81. The number of hydrogen-bond donors (Lipinski definition) is 1. The van der Waals surface area contributed by atoms with Gasteiger partial charge >= 0.3 is 0 Å². The lowest BCUT2D eigenvalue weighted by Crippen LogP contribution is -2.30. The maximum absolute atomic E-state index is 11.2. The van der Waals surface area contributed by atoms with Gasteiger partial charge in [0.25, 0.3) is 0 Å². The summed E-state index contributed by atoms with van der Waals surface area (Å²) in [4.78, 5) is 11.2. The Labute approximate surface area is 67.1 Å². The fourth-order valence-corrected chi connectivity index (χ4v) is 1.35. The average Bonchev–Trinajstić information content (AvgIpc) is 2.16. The summed E-state index contributed by atoms with van der Waals surface area (Å²) in [6, 6.07) is 0. The van der Waals surface area contributed by atoms with Gasteiger partial charge in [0.05, 0.1) is 12.0 Å². The van der Waals surface area contributed by atoms with E-state index in [1.54, 1.807) is 7.11 Å². The van der Waals surface area contributed by atoms with Crippen molar-refractivity contribution in [2.24, 2.45) is 11.3 Å². The Kier molecular flexibility index (Phi) is 2.18. The molecule has 1 aliphatic heterocycles. The van der Waals surface area contributed by atoms with E-state index in [0.717, 1.165) is 6.54 Å². The molecule has 1 amide bonds. The summed E-state index contributed by atoms with van der Waals surface area (Å²) in [5.74, 6) is 0.458. The molecule has 1 rings (SSSR count). The van der Waals surface area contributed by atoms with Crippen LogP contribution >= 0.6 is 0 Å². The SMILES string of the molecule is COC[C@H]1CNC(=O)C1(C)C. The van der Waals surface area contributed by atoms with Gasteiger partial charge in [-0.05, 0) is 0 Å². The molecule has 0 aliphatic carbocycles. The van der Waals surface area contributed by atoms with E-state index in [-0.39, 0.29) is 11.3 Å².